The average Bonchev–Trinajstić information content (AvgIpc) is 3.10. The topological polar surface area (TPSA) is 23.6 Å². The van der Waals surface area contributed by atoms with Gasteiger partial charge in [-0.05, 0) is 18.4 Å². The van der Waals surface area contributed by atoms with Crippen LogP contribution < -0.4 is 0 Å². The van der Waals surface area contributed by atoms with Gasteiger partial charge in [0.25, 0.3) is 0 Å². The summed E-state index contributed by atoms with van der Waals surface area (Å²) in [6.07, 6.45) is 9.10. The van der Waals surface area contributed by atoms with Crippen molar-refractivity contribution in [2.24, 2.45) is 5.92 Å². The van der Waals surface area contributed by atoms with E-state index in [1.807, 2.05) is 6.07 Å². The first-order valence-corrected chi connectivity index (χ1v) is 8.55. The highest BCUT2D eigenvalue weighted by Crippen LogP contribution is 2.26. The van der Waals surface area contributed by atoms with Crippen molar-refractivity contribution in [3.63, 3.8) is 0 Å². The van der Waals surface area contributed by atoms with Gasteiger partial charge in [0.2, 0.25) is 5.91 Å². The van der Waals surface area contributed by atoms with E-state index in [1.54, 1.807) is 0 Å². The largest absolute Gasteiger partial charge is 0.340 e. The molecular weight excluding hydrogens is 272 g/mol. The Bertz CT molecular complexity index is 497. The van der Waals surface area contributed by atoms with Crippen molar-refractivity contribution in [2.75, 3.05) is 32.7 Å². The molecule has 1 aromatic rings. The maximum absolute atomic E-state index is 12.4. The number of rotatable bonds is 4. The van der Waals surface area contributed by atoms with Crippen LogP contribution in [-0.2, 0) is 4.79 Å². The van der Waals surface area contributed by atoms with E-state index in [0.29, 0.717) is 11.8 Å². The Kier molecular flexibility index (Phi) is 5.28. The third kappa shape index (κ3) is 3.98. The minimum Gasteiger partial charge on any atom is -0.340 e. The third-order valence-corrected chi connectivity index (χ3v) is 4.86. The summed E-state index contributed by atoms with van der Waals surface area (Å²) in [7, 11) is 0. The van der Waals surface area contributed by atoms with Crippen molar-refractivity contribution in [3.05, 3.63) is 42.0 Å². The number of nitrogens with zero attached hydrogens (tertiary/aromatic N) is 2. The van der Waals surface area contributed by atoms with E-state index in [1.165, 1.54) is 18.4 Å². The van der Waals surface area contributed by atoms with Crippen molar-refractivity contribution >= 4 is 12.0 Å². The number of carbonyl (C=O) groups is 1. The van der Waals surface area contributed by atoms with Crippen molar-refractivity contribution in [2.45, 2.75) is 25.7 Å². The SMILES string of the molecule is O=C(C1CCCC1)N1CCN(CC=Cc2ccccc2)CC1. The minimum atomic E-state index is 0.324. The highest BCUT2D eigenvalue weighted by atomic mass is 16.2. The summed E-state index contributed by atoms with van der Waals surface area (Å²) in [6, 6.07) is 10.4. The highest BCUT2D eigenvalue weighted by Gasteiger charge is 2.28. The molecule has 3 heteroatoms. The molecule has 0 bridgehead atoms. The second-order valence-corrected chi connectivity index (χ2v) is 6.42. The van der Waals surface area contributed by atoms with Gasteiger partial charge in [0, 0.05) is 38.6 Å². The van der Waals surface area contributed by atoms with Gasteiger partial charge in [0.1, 0.15) is 0 Å². The van der Waals surface area contributed by atoms with Crippen LogP contribution in [0.4, 0.5) is 0 Å². The second-order valence-electron chi connectivity index (χ2n) is 6.42. The molecule has 0 atom stereocenters. The van der Waals surface area contributed by atoms with Crippen LogP contribution in [0.3, 0.4) is 0 Å². The minimum absolute atomic E-state index is 0.324. The van der Waals surface area contributed by atoms with Crippen LogP contribution in [0.15, 0.2) is 36.4 Å². The molecule has 1 aliphatic carbocycles. The van der Waals surface area contributed by atoms with E-state index < -0.39 is 0 Å². The molecule has 1 amide bonds. The third-order valence-electron chi connectivity index (χ3n) is 4.86. The lowest BCUT2D eigenvalue weighted by Gasteiger charge is -2.35. The van der Waals surface area contributed by atoms with Gasteiger partial charge >= 0.3 is 0 Å². The summed E-state index contributed by atoms with van der Waals surface area (Å²) in [5.41, 5.74) is 1.25. The van der Waals surface area contributed by atoms with Crippen molar-refractivity contribution in [1.82, 2.24) is 9.80 Å². The molecule has 0 aromatic heterocycles. The number of piperazine rings is 1. The Hall–Kier alpha value is -1.61. The molecule has 1 aliphatic heterocycles. The van der Waals surface area contributed by atoms with Gasteiger partial charge in [-0.25, -0.2) is 0 Å². The number of amides is 1. The predicted octanol–water partition coefficient (Wildman–Crippen LogP) is 3.03. The Morgan fingerprint density at radius 2 is 1.73 bits per heavy atom. The number of carbonyl (C=O) groups excluding carboxylic acids is 1. The molecule has 0 N–H and O–H groups in total. The van der Waals surface area contributed by atoms with E-state index >= 15 is 0 Å². The molecule has 3 rings (SSSR count). The zero-order valence-corrected chi connectivity index (χ0v) is 13.3. The lowest BCUT2D eigenvalue weighted by Crippen LogP contribution is -2.50. The van der Waals surface area contributed by atoms with Crippen molar-refractivity contribution in [1.29, 1.82) is 0 Å². The lowest BCUT2D eigenvalue weighted by molar-refractivity contribution is -0.137. The van der Waals surface area contributed by atoms with Crippen molar-refractivity contribution in [3.8, 4) is 0 Å². The number of benzene rings is 1. The van der Waals surface area contributed by atoms with E-state index in [2.05, 4.69) is 46.2 Å². The molecule has 0 unspecified atom stereocenters. The van der Waals surface area contributed by atoms with Crippen LogP contribution in [0.5, 0.6) is 0 Å². The first-order chi connectivity index (χ1) is 10.8. The zero-order chi connectivity index (χ0) is 15.2. The predicted molar refractivity (Wildman–Crippen MR) is 90.5 cm³/mol. The van der Waals surface area contributed by atoms with Gasteiger partial charge in [0.15, 0.2) is 0 Å². The first kappa shape index (κ1) is 15.3. The molecule has 0 radical (unpaired) electrons. The summed E-state index contributed by atoms with van der Waals surface area (Å²) in [5.74, 6) is 0.738. The molecular formula is C19H26N2O. The molecule has 22 heavy (non-hydrogen) atoms. The van der Waals surface area contributed by atoms with Crippen LogP contribution in [-0.4, -0.2) is 48.4 Å². The van der Waals surface area contributed by atoms with E-state index in [0.717, 1.165) is 45.6 Å². The molecule has 0 spiro atoms. The molecule has 2 aliphatic rings. The summed E-state index contributed by atoms with van der Waals surface area (Å²) in [6.45, 7) is 4.76. The fourth-order valence-electron chi connectivity index (χ4n) is 3.48. The number of hydrogen-bond donors (Lipinski definition) is 0. The van der Waals surface area contributed by atoms with Crippen LogP contribution in [0.1, 0.15) is 31.2 Å². The average molecular weight is 298 g/mol. The van der Waals surface area contributed by atoms with E-state index in [4.69, 9.17) is 0 Å². The van der Waals surface area contributed by atoms with Crippen LogP contribution in [0.25, 0.3) is 6.08 Å². The highest BCUT2D eigenvalue weighted by molar-refractivity contribution is 5.79. The summed E-state index contributed by atoms with van der Waals surface area (Å²) in [4.78, 5) is 16.9. The Morgan fingerprint density at radius 1 is 1.05 bits per heavy atom. The lowest BCUT2D eigenvalue weighted by atomic mass is 10.1. The molecule has 118 valence electrons. The van der Waals surface area contributed by atoms with Gasteiger partial charge in [0.05, 0.1) is 0 Å². The Morgan fingerprint density at radius 3 is 2.41 bits per heavy atom. The quantitative estimate of drug-likeness (QED) is 0.853. The summed E-state index contributed by atoms with van der Waals surface area (Å²) < 4.78 is 0. The Balaban J connectivity index is 1.42. The monoisotopic (exact) mass is 298 g/mol. The maximum Gasteiger partial charge on any atom is 0.225 e. The van der Waals surface area contributed by atoms with Gasteiger partial charge < -0.3 is 4.90 Å². The maximum atomic E-state index is 12.4. The fraction of sp³-hybridized carbons (Fsp3) is 0.526. The first-order valence-electron chi connectivity index (χ1n) is 8.55. The second kappa shape index (κ2) is 7.59. The van der Waals surface area contributed by atoms with E-state index in [9.17, 15) is 4.79 Å². The molecule has 2 fully saturated rings. The Labute approximate surface area is 133 Å². The van der Waals surface area contributed by atoms with E-state index in [-0.39, 0.29) is 0 Å². The van der Waals surface area contributed by atoms with Gasteiger partial charge in [-0.3, -0.25) is 9.69 Å². The van der Waals surface area contributed by atoms with Crippen molar-refractivity contribution < 1.29 is 4.79 Å². The summed E-state index contributed by atoms with van der Waals surface area (Å²) in [5, 5.41) is 0. The molecule has 1 aromatic carbocycles. The normalized spacial score (nSPS) is 20.8. The van der Waals surface area contributed by atoms with Crippen LogP contribution in [0, 0.1) is 5.92 Å². The molecule has 1 heterocycles. The molecule has 3 nitrogen and oxygen atoms in total. The van der Waals surface area contributed by atoms with Gasteiger partial charge in [-0.1, -0.05) is 55.3 Å². The fourth-order valence-corrected chi connectivity index (χ4v) is 3.48. The van der Waals surface area contributed by atoms with Gasteiger partial charge in [-0.15, -0.1) is 0 Å². The molecule has 1 saturated heterocycles. The summed E-state index contributed by atoms with van der Waals surface area (Å²) >= 11 is 0. The number of hydrogen-bond acceptors (Lipinski definition) is 2. The zero-order valence-electron chi connectivity index (χ0n) is 13.3. The molecule has 1 saturated carbocycles. The standard InChI is InChI=1S/C19H26N2O/c22-19(18-10-4-5-11-18)21-15-13-20(14-16-21)12-6-9-17-7-2-1-3-8-17/h1-3,6-9,18H,4-5,10-16H2. The van der Waals surface area contributed by atoms with Crippen LogP contribution >= 0.6 is 0 Å². The van der Waals surface area contributed by atoms with Gasteiger partial charge in [-0.2, -0.15) is 0 Å². The van der Waals surface area contributed by atoms with Crippen LogP contribution in [0.2, 0.25) is 0 Å². The smallest absolute Gasteiger partial charge is 0.225 e.